The summed E-state index contributed by atoms with van der Waals surface area (Å²) in [7, 11) is 0. The Labute approximate surface area is 98.1 Å². The molecule has 0 bridgehead atoms. The molecule has 1 unspecified atom stereocenters. The second-order valence-electron chi connectivity index (χ2n) is 4.75. The van der Waals surface area contributed by atoms with E-state index in [0.29, 0.717) is 0 Å². The summed E-state index contributed by atoms with van der Waals surface area (Å²) in [6.45, 7) is 8.62. The van der Waals surface area contributed by atoms with Crippen LogP contribution in [0.15, 0.2) is 24.3 Å². The maximum atomic E-state index is 12.8. The predicted octanol–water partition coefficient (Wildman–Crippen LogP) is 3.39. The van der Waals surface area contributed by atoms with Crippen LogP contribution in [0, 0.1) is 11.2 Å². The number of benzene rings is 1. The van der Waals surface area contributed by atoms with Crippen molar-refractivity contribution in [1.29, 1.82) is 0 Å². The monoisotopic (exact) mass is 223 g/mol. The maximum Gasteiger partial charge on any atom is 0.123 e. The lowest BCUT2D eigenvalue weighted by molar-refractivity contribution is 0.293. The number of rotatable bonds is 6. The van der Waals surface area contributed by atoms with E-state index in [4.69, 9.17) is 0 Å². The molecule has 1 aromatic rings. The molecule has 90 valence electrons. The van der Waals surface area contributed by atoms with Crippen molar-refractivity contribution in [2.75, 3.05) is 13.1 Å². The molecular formula is C14H22FN. The molecule has 1 atom stereocenters. The molecule has 1 rings (SSSR count). The fraction of sp³-hybridized carbons (Fsp3) is 0.571. The highest BCUT2D eigenvalue weighted by molar-refractivity contribution is 5.17. The van der Waals surface area contributed by atoms with Gasteiger partial charge in [0.05, 0.1) is 0 Å². The normalized spacial score (nSPS) is 14.8. The van der Waals surface area contributed by atoms with E-state index in [9.17, 15) is 4.39 Å². The Bertz CT molecular complexity index is 307. The van der Waals surface area contributed by atoms with Crippen LogP contribution >= 0.6 is 0 Å². The first kappa shape index (κ1) is 13.2. The fourth-order valence-corrected chi connectivity index (χ4v) is 1.83. The minimum Gasteiger partial charge on any atom is -0.316 e. The molecule has 0 saturated carbocycles. The fourth-order valence-electron chi connectivity index (χ4n) is 1.83. The van der Waals surface area contributed by atoms with Crippen LogP contribution in [-0.2, 0) is 6.42 Å². The van der Waals surface area contributed by atoms with Crippen molar-refractivity contribution in [3.05, 3.63) is 35.6 Å². The number of hydrogen-bond donors (Lipinski definition) is 1. The van der Waals surface area contributed by atoms with Gasteiger partial charge in [0.15, 0.2) is 0 Å². The smallest absolute Gasteiger partial charge is 0.123 e. The second kappa shape index (κ2) is 6.00. The summed E-state index contributed by atoms with van der Waals surface area (Å²) >= 11 is 0. The van der Waals surface area contributed by atoms with Gasteiger partial charge < -0.3 is 5.32 Å². The quantitative estimate of drug-likeness (QED) is 0.779. The van der Waals surface area contributed by atoms with Crippen LogP contribution in [0.3, 0.4) is 0 Å². The largest absolute Gasteiger partial charge is 0.316 e. The van der Waals surface area contributed by atoms with Gasteiger partial charge in [-0.05, 0) is 42.5 Å². The molecule has 1 N–H and O–H groups in total. The standard InChI is InChI=1S/C14H22FN/c1-4-14(3,11-16-5-2)10-12-6-8-13(15)9-7-12/h6-9,16H,4-5,10-11H2,1-3H3. The summed E-state index contributed by atoms with van der Waals surface area (Å²) in [5, 5.41) is 3.40. The highest BCUT2D eigenvalue weighted by Crippen LogP contribution is 2.25. The molecule has 0 radical (unpaired) electrons. The van der Waals surface area contributed by atoms with Crippen molar-refractivity contribution < 1.29 is 4.39 Å². The molecule has 2 heteroatoms. The summed E-state index contributed by atoms with van der Waals surface area (Å²) in [5.74, 6) is -0.159. The molecule has 0 amide bonds. The van der Waals surface area contributed by atoms with Gasteiger partial charge in [0.1, 0.15) is 5.82 Å². The summed E-state index contributed by atoms with van der Waals surface area (Å²) in [6.07, 6.45) is 2.12. The average molecular weight is 223 g/mol. The molecule has 0 aliphatic heterocycles. The minimum absolute atomic E-state index is 0.159. The maximum absolute atomic E-state index is 12.8. The van der Waals surface area contributed by atoms with Crippen molar-refractivity contribution in [3.8, 4) is 0 Å². The zero-order valence-corrected chi connectivity index (χ0v) is 10.5. The predicted molar refractivity (Wildman–Crippen MR) is 67.0 cm³/mol. The third-order valence-corrected chi connectivity index (χ3v) is 3.20. The van der Waals surface area contributed by atoms with E-state index in [1.165, 1.54) is 5.56 Å². The van der Waals surface area contributed by atoms with Crippen LogP contribution in [0.5, 0.6) is 0 Å². The van der Waals surface area contributed by atoms with E-state index in [1.54, 1.807) is 12.1 Å². The van der Waals surface area contributed by atoms with Crippen molar-refractivity contribution in [2.24, 2.45) is 5.41 Å². The molecule has 0 fully saturated rings. The Hall–Kier alpha value is -0.890. The van der Waals surface area contributed by atoms with Crippen molar-refractivity contribution in [2.45, 2.75) is 33.6 Å². The number of nitrogens with one attached hydrogen (secondary N) is 1. The van der Waals surface area contributed by atoms with Crippen molar-refractivity contribution in [3.63, 3.8) is 0 Å². The highest BCUT2D eigenvalue weighted by Gasteiger charge is 2.21. The molecule has 1 aromatic carbocycles. The first-order valence-corrected chi connectivity index (χ1v) is 6.05. The van der Waals surface area contributed by atoms with Crippen LogP contribution in [0.2, 0.25) is 0 Å². The Balaban J connectivity index is 2.64. The number of hydrogen-bond acceptors (Lipinski definition) is 1. The Morgan fingerprint density at radius 3 is 2.31 bits per heavy atom. The topological polar surface area (TPSA) is 12.0 Å². The summed E-state index contributed by atoms with van der Waals surface area (Å²) in [4.78, 5) is 0. The minimum atomic E-state index is -0.159. The van der Waals surface area contributed by atoms with E-state index in [1.807, 2.05) is 12.1 Å². The lowest BCUT2D eigenvalue weighted by Gasteiger charge is -2.28. The lowest BCUT2D eigenvalue weighted by Crippen LogP contribution is -2.33. The van der Waals surface area contributed by atoms with E-state index in [2.05, 4.69) is 26.1 Å². The second-order valence-corrected chi connectivity index (χ2v) is 4.75. The Kier molecular flexibility index (Phi) is 4.94. The van der Waals surface area contributed by atoms with E-state index >= 15 is 0 Å². The third-order valence-electron chi connectivity index (χ3n) is 3.20. The first-order chi connectivity index (χ1) is 7.59. The van der Waals surface area contributed by atoms with Gasteiger partial charge in [-0.15, -0.1) is 0 Å². The molecule has 0 aliphatic rings. The molecule has 16 heavy (non-hydrogen) atoms. The van der Waals surface area contributed by atoms with Crippen LogP contribution < -0.4 is 5.32 Å². The Morgan fingerprint density at radius 1 is 1.19 bits per heavy atom. The number of halogens is 1. The first-order valence-electron chi connectivity index (χ1n) is 6.05. The molecular weight excluding hydrogens is 201 g/mol. The van der Waals surface area contributed by atoms with Gasteiger partial charge in [-0.1, -0.05) is 32.9 Å². The van der Waals surface area contributed by atoms with Crippen LogP contribution in [0.1, 0.15) is 32.8 Å². The molecule has 0 aliphatic carbocycles. The van der Waals surface area contributed by atoms with Gasteiger partial charge >= 0.3 is 0 Å². The van der Waals surface area contributed by atoms with E-state index < -0.39 is 0 Å². The highest BCUT2D eigenvalue weighted by atomic mass is 19.1. The zero-order chi connectivity index (χ0) is 12.0. The summed E-state index contributed by atoms with van der Waals surface area (Å²) in [6, 6.07) is 6.85. The molecule has 0 saturated heterocycles. The van der Waals surface area contributed by atoms with Gasteiger partial charge in [-0.2, -0.15) is 0 Å². The van der Waals surface area contributed by atoms with Crippen molar-refractivity contribution >= 4 is 0 Å². The van der Waals surface area contributed by atoms with Gasteiger partial charge in [-0.25, -0.2) is 4.39 Å². The molecule has 0 aromatic heterocycles. The summed E-state index contributed by atoms with van der Waals surface area (Å²) in [5.41, 5.74) is 1.47. The van der Waals surface area contributed by atoms with Gasteiger partial charge in [-0.3, -0.25) is 0 Å². The zero-order valence-electron chi connectivity index (χ0n) is 10.5. The molecule has 0 heterocycles. The van der Waals surface area contributed by atoms with E-state index in [-0.39, 0.29) is 11.2 Å². The Morgan fingerprint density at radius 2 is 1.81 bits per heavy atom. The van der Waals surface area contributed by atoms with E-state index in [0.717, 1.165) is 25.9 Å². The molecule has 1 nitrogen and oxygen atoms in total. The summed E-state index contributed by atoms with van der Waals surface area (Å²) < 4.78 is 12.8. The van der Waals surface area contributed by atoms with Crippen LogP contribution in [0.4, 0.5) is 4.39 Å². The van der Waals surface area contributed by atoms with Crippen molar-refractivity contribution in [1.82, 2.24) is 5.32 Å². The average Bonchev–Trinajstić information content (AvgIpc) is 2.30. The lowest BCUT2D eigenvalue weighted by atomic mass is 9.81. The molecule has 0 spiro atoms. The SMILES string of the molecule is CCNCC(C)(CC)Cc1ccc(F)cc1. The van der Waals surface area contributed by atoms with Gasteiger partial charge in [0, 0.05) is 6.54 Å². The van der Waals surface area contributed by atoms with Crippen LogP contribution in [-0.4, -0.2) is 13.1 Å². The van der Waals surface area contributed by atoms with Gasteiger partial charge in [0.2, 0.25) is 0 Å². The van der Waals surface area contributed by atoms with Gasteiger partial charge in [0.25, 0.3) is 0 Å². The third kappa shape index (κ3) is 3.93. The van der Waals surface area contributed by atoms with Crippen LogP contribution in [0.25, 0.3) is 0 Å².